The van der Waals surface area contributed by atoms with Crippen molar-refractivity contribution in [3.8, 4) is 5.75 Å². The fraction of sp³-hybridized carbons (Fsp3) is 0.444. The van der Waals surface area contributed by atoms with Gasteiger partial charge in [-0.3, -0.25) is 4.98 Å². The third-order valence-corrected chi connectivity index (χ3v) is 4.60. The second kappa shape index (κ2) is 7.49. The maximum atomic E-state index is 12.2. The predicted octanol–water partition coefficient (Wildman–Crippen LogP) is 2.85. The van der Waals surface area contributed by atoms with E-state index in [0.29, 0.717) is 24.0 Å². The molecule has 2 N–H and O–H groups in total. The molecule has 24 heavy (non-hydrogen) atoms. The Labute approximate surface area is 142 Å². The second-order valence-electron chi connectivity index (χ2n) is 6.20. The topological polar surface area (TPSA) is 66.5 Å². The maximum Gasteiger partial charge on any atom is 0.319 e. The smallest absolute Gasteiger partial charge is 0.319 e. The number of urea groups is 1. The summed E-state index contributed by atoms with van der Waals surface area (Å²) in [7, 11) is 3.76. The highest BCUT2D eigenvalue weighted by Gasteiger charge is 2.20. The molecule has 6 heteroatoms. The summed E-state index contributed by atoms with van der Waals surface area (Å²) in [5.74, 6) is 0.693. The van der Waals surface area contributed by atoms with Crippen LogP contribution in [0.4, 0.5) is 10.5 Å². The van der Waals surface area contributed by atoms with Gasteiger partial charge in [0.1, 0.15) is 5.75 Å². The molecule has 0 unspecified atom stereocenters. The molecule has 1 aliphatic heterocycles. The number of nitrogens with one attached hydrogen (secondary N) is 2. The average Bonchev–Trinajstić information content (AvgIpc) is 3.00. The molecule has 2 aromatic rings. The molecule has 1 aromatic carbocycles. The van der Waals surface area contributed by atoms with Crippen molar-refractivity contribution in [2.24, 2.45) is 0 Å². The van der Waals surface area contributed by atoms with Gasteiger partial charge in [-0.1, -0.05) is 6.07 Å². The van der Waals surface area contributed by atoms with E-state index < -0.39 is 0 Å². The quantitative estimate of drug-likeness (QED) is 0.886. The lowest BCUT2D eigenvalue weighted by molar-refractivity contribution is 0.249. The van der Waals surface area contributed by atoms with Gasteiger partial charge in [0.05, 0.1) is 18.3 Å². The van der Waals surface area contributed by atoms with Crippen LogP contribution >= 0.6 is 0 Å². The molecule has 128 valence electrons. The van der Waals surface area contributed by atoms with Gasteiger partial charge in [-0.25, -0.2) is 4.79 Å². The summed E-state index contributed by atoms with van der Waals surface area (Å²) in [6, 6.07) is 7.87. The number of carbonyl (C=O) groups excluding carboxylic acids is 1. The fourth-order valence-electron chi connectivity index (χ4n) is 3.24. The molecule has 1 saturated heterocycles. The Morgan fingerprint density at radius 3 is 3.08 bits per heavy atom. The highest BCUT2D eigenvalue weighted by molar-refractivity contribution is 6.00. The van der Waals surface area contributed by atoms with Gasteiger partial charge in [-0.2, -0.15) is 0 Å². The van der Waals surface area contributed by atoms with Gasteiger partial charge in [0.15, 0.2) is 0 Å². The standard InChI is InChI=1S/C18H24N4O2/c1-22-10-4-6-14(22)7-9-20-18(23)21-16-12-15(24-2)11-13-5-3-8-19-17(13)16/h3,5,8,11-12,14H,4,6-7,9-10H2,1-2H3,(H2,20,21,23)/t14-/m1/s1. The van der Waals surface area contributed by atoms with E-state index in [-0.39, 0.29) is 6.03 Å². The number of rotatable bonds is 5. The van der Waals surface area contributed by atoms with E-state index in [1.54, 1.807) is 19.4 Å². The predicted molar refractivity (Wildman–Crippen MR) is 95.6 cm³/mol. The number of hydrogen-bond donors (Lipinski definition) is 2. The van der Waals surface area contributed by atoms with E-state index in [9.17, 15) is 4.79 Å². The minimum Gasteiger partial charge on any atom is -0.497 e. The Kier molecular flexibility index (Phi) is 5.15. The first-order chi connectivity index (χ1) is 11.7. The molecular formula is C18H24N4O2. The number of pyridine rings is 1. The molecular weight excluding hydrogens is 304 g/mol. The molecule has 0 radical (unpaired) electrons. The third-order valence-electron chi connectivity index (χ3n) is 4.60. The van der Waals surface area contributed by atoms with E-state index in [1.165, 1.54) is 12.8 Å². The van der Waals surface area contributed by atoms with Gasteiger partial charge in [0.25, 0.3) is 0 Å². The van der Waals surface area contributed by atoms with Crippen molar-refractivity contribution in [3.05, 3.63) is 30.5 Å². The number of ether oxygens (including phenoxy) is 1. The zero-order valence-corrected chi connectivity index (χ0v) is 14.2. The number of anilines is 1. The minimum atomic E-state index is -0.212. The lowest BCUT2D eigenvalue weighted by Crippen LogP contribution is -2.34. The Morgan fingerprint density at radius 1 is 1.46 bits per heavy atom. The summed E-state index contributed by atoms with van der Waals surface area (Å²) in [6.07, 6.45) is 5.15. The van der Waals surface area contributed by atoms with Crippen LogP contribution < -0.4 is 15.4 Å². The molecule has 0 aliphatic carbocycles. The monoisotopic (exact) mass is 328 g/mol. The van der Waals surface area contributed by atoms with Crippen molar-refractivity contribution < 1.29 is 9.53 Å². The summed E-state index contributed by atoms with van der Waals surface area (Å²) >= 11 is 0. The fourth-order valence-corrected chi connectivity index (χ4v) is 3.24. The van der Waals surface area contributed by atoms with Crippen LogP contribution in [0.2, 0.25) is 0 Å². The molecule has 3 rings (SSSR count). The van der Waals surface area contributed by atoms with Crippen molar-refractivity contribution in [1.29, 1.82) is 0 Å². The van der Waals surface area contributed by atoms with Crippen LogP contribution in [0.3, 0.4) is 0 Å². The first-order valence-corrected chi connectivity index (χ1v) is 8.35. The van der Waals surface area contributed by atoms with Gasteiger partial charge in [0.2, 0.25) is 0 Å². The van der Waals surface area contributed by atoms with E-state index in [0.717, 1.165) is 23.9 Å². The summed E-state index contributed by atoms with van der Waals surface area (Å²) in [6.45, 7) is 1.81. The van der Waals surface area contributed by atoms with Crippen molar-refractivity contribution in [1.82, 2.24) is 15.2 Å². The van der Waals surface area contributed by atoms with E-state index in [2.05, 4.69) is 27.6 Å². The van der Waals surface area contributed by atoms with Crippen LogP contribution in [0.1, 0.15) is 19.3 Å². The number of carbonyl (C=O) groups is 1. The van der Waals surface area contributed by atoms with Gasteiger partial charge in [-0.05, 0) is 45.0 Å². The summed E-state index contributed by atoms with van der Waals surface area (Å²) < 4.78 is 5.30. The van der Waals surface area contributed by atoms with Crippen molar-refractivity contribution in [3.63, 3.8) is 0 Å². The highest BCUT2D eigenvalue weighted by Crippen LogP contribution is 2.27. The molecule has 1 atom stereocenters. The molecule has 0 saturated carbocycles. The molecule has 1 aromatic heterocycles. The second-order valence-corrected chi connectivity index (χ2v) is 6.20. The number of methoxy groups -OCH3 is 1. The lowest BCUT2D eigenvalue weighted by atomic mass is 10.1. The van der Waals surface area contributed by atoms with Crippen LogP contribution in [0.25, 0.3) is 10.9 Å². The van der Waals surface area contributed by atoms with E-state index in [1.807, 2.05) is 18.2 Å². The normalized spacial score (nSPS) is 17.8. The SMILES string of the molecule is COc1cc(NC(=O)NCC[C@H]2CCCN2C)c2ncccc2c1. The van der Waals surface area contributed by atoms with Crippen molar-refractivity contribution in [2.45, 2.75) is 25.3 Å². The number of hydrogen-bond acceptors (Lipinski definition) is 4. The molecule has 2 amide bonds. The number of likely N-dealkylation sites (tertiary alicyclic amines) is 1. The lowest BCUT2D eigenvalue weighted by Gasteiger charge is -2.19. The summed E-state index contributed by atoms with van der Waals surface area (Å²) in [5, 5.41) is 6.76. The Bertz CT molecular complexity index is 719. The van der Waals surface area contributed by atoms with Crippen LogP contribution in [0.5, 0.6) is 5.75 Å². The third kappa shape index (κ3) is 3.76. The average molecular weight is 328 g/mol. The Hall–Kier alpha value is -2.34. The molecule has 0 spiro atoms. The van der Waals surface area contributed by atoms with Gasteiger partial charge in [-0.15, -0.1) is 0 Å². The van der Waals surface area contributed by atoms with Crippen LogP contribution in [0.15, 0.2) is 30.5 Å². The summed E-state index contributed by atoms with van der Waals surface area (Å²) in [5.41, 5.74) is 1.41. The van der Waals surface area contributed by atoms with Crippen LogP contribution in [-0.2, 0) is 0 Å². The van der Waals surface area contributed by atoms with Gasteiger partial charge < -0.3 is 20.3 Å². The largest absolute Gasteiger partial charge is 0.497 e. The number of amides is 2. The minimum absolute atomic E-state index is 0.212. The van der Waals surface area contributed by atoms with Crippen molar-refractivity contribution >= 4 is 22.6 Å². The molecule has 1 fully saturated rings. The van der Waals surface area contributed by atoms with Crippen molar-refractivity contribution in [2.75, 3.05) is 32.6 Å². The molecule has 0 bridgehead atoms. The Balaban J connectivity index is 1.62. The first-order valence-electron chi connectivity index (χ1n) is 8.35. The highest BCUT2D eigenvalue weighted by atomic mass is 16.5. The van der Waals surface area contributed by atoms with Crippen LogP contribution in [-0.4, -0.2) is 49.2 Å². The maximum absolute atomic E-state index is 12.2. The molecule has 6 nitrogen and oxygen atoms in total. The zero-order chi connectivity index (χ0) is 16.9. The first kappa shape index (κ1) is 16.5. The molecule has 2 heterocycles. The van der Waals surface area contributed by atoms with Gasteiger partial charge in [0, 0.05) is 30.2 Å². The summed E-state index contributed by atoms with van der Waals surface area (Å²) in [4.78, 5) is 18.9. The zero-order valence-electron chi connectivity index (χ0n) is 14.2. The Morgan fingerprint density at radius 2 is 2.33 bits per heavy atom. The number of fused-ring (bicyclic) bond motifs is 1. The van der Waals surface area contributed by atoms with Gasteiger partial charge >= 0.3 is 6.03 Å². The number of nitrogens with zero attached hydrogens (tertiary/aromatic N) is 2. The number of aromatic nitrogens is 1. The number of benzene rings is 1. The van der Waals surface area contributed by atoms with E-state index in [4.69, 9.17) is 4.74 Å². The van der Waals surface area contributed by atoms with E-state index >= 15 is 0 Å². The molecule has 1 aliphatic rings. The van der Waals surface area contributed by atoms with Crippen LogP contribution in [0, 0.1) is 0 Å².